The van der Waals surface area contributed by atoms with Crippen LogP contribution < -0.4 is 5.32 Å². The topological polar surface area (TPSA) is 24.9 Å². The van der Waals surface area contributed by atoms with Gasteiger partial charge in [0.2, 0.25) is 0 Å². The van der Waals surface area contributed by atoms with Crippen molar-refractivity contribution in [1.29, 1.82) is 0 Å². The van der Waals surface area contributed by atoms with E-state index in [4.69, 9.17) is 4.98 Å². The third-order valence-corrected chi connectivity index (χ3v) is 4.77. The zero-order valence-electron chi connectivity index (χ0n) is 12.7. The Morgan fingerprint density at radius 2 is 1.94 bits per heavy atom. The van der Waals surface area contributed by atoms with Gasteiger partial charge in [-0.2, -0.15) is 0 Å². The van der Waals surface area contributed by atoms with Crippen LogP contribution >= 0.6 is 11.3 Å². The molecule has 0 aliphatic heterocycles. The summed E-state index contributed by atoms with van der Waals surface area (Å²) in [6, 6.07) is 0. The molecule has 1 heterocycles. The molecule has 0 radical (unpaired) electrons. The summed E-state index contributed by atoms with van der Waals surface area (Å²) in [5.74, 6) is 1.07. The van der Waals surface area contributed by atoms with E-state index in [2.05, 4.69) is 52.2 Å². The monoisotopic (exact) mass is 268 g/mol. The van der Waals surface area contributed by atoms with Crippen molar-refractivity contribution in [3.05, 3.63) is 16.1 Å². The van der Waals surface area contributed by atoms with Crippen molar-refractivity contribution in [2.45, 2.75) is 65.8 Å². The normalized spacial score (nSPS) is 15.3. The molecule has 18 heavy (non-hydrogen) atoms. The smallest absolute Gasteiger partial charge is 0.113 e. The van der Waals surface area contributed by atoms with Crippen molar-refractivity contribution in [2.24, 2.45) is 5.92 Å². The summed E-state index contributed by atoms with van der Waals surface area (Å²) in [7, 11) is 0. The van der Waals surface area contributed by atoms with Crippen LogP contribution in [0.2, 0.25) is 0 Å². The van der Waals surface area contributed by atoms with E-state index < -0.39 is 0 Å². The van der Waals surface area contributed by atoms with E-state index in [0.717, 1.165) is 19.4 Å². The van der Waals surface area contributed by atoms with Crippen molar-refractivity contribution in [3.8, 4) is 0 Å². The van der Waals surface area contributed by atoms with Crippen molar-refractivity contribution in [1.82, 2.24) is 10.3 Å². The maximum absolute atomic E-state index is 4.88. The van der Waals surface area contributed by atoms with Gasteiger partial charge in [-0.3, -0.25) is 0 Å². The van der Waals surface area contributed by atoms with E-state index in [1.54, 1.807) is 0 Å². The molecular weight excluding hydrogens is 240 g/mol. The number of nitrogens with zero attached hydrogens (tertiary/aromatic N) is 1. The standard InChI is InChI=1S/C15H28N2S/c1-7-9-16-15(8-2,12(5)6)14-17-13(10-18-14)11(3)4/h10-12,16H,7-9H2,1-6H3. The second kappa shape index (κ2) is 6.67. The van der Waals surface area contributed by atoms with Crippen LogP contribution in [0, 0.1) is 5.92 Å². The van der Waals surface area contributed by atoms with Gasteiger partial charge < -0.3 is 5.32 Å². The van der Waals surface area contributed by atoms with Gasteiger partial charge in [0.1, 0.15) is 5.01 Å². The van der Waals surface area contributed by atoms with E-state index in [0.29, 0.717) is 11.8 Å². The molecule has 2 nitrogen and oxygen atoms in total. The van der Waals surface area contributed by atoms with Crippen LogP contribution in [0.25, 0.3) is 0 Å². The average molecular weight is 268 g/mol. The third-order valence-electron chi connectivity index (χ3n) is 3.73. The van der Waals surface area contributed by atoms with E-state index in [1.807, 2.05) is 11.3 Å². The fourth-order valence-electron chi connectivity index (χ4n) is 2.32. The number of hydrogen-bond acceptors (Lipinski definition) is 3. The molecule has 1 unspecified atom stereocenters. The van der Waals surface area contributed by atoms with Gasteiger partial charge in [-0.1, -0.05) is 41.5 Å². The number of thiazole rings is 1. The molecule has 0 fully saturated rings. The quantitative estimate of drug-likeness (QED) is 0.786. The van der Waals surface area contributed by atoms with Gasteiger partial charge in [0.15, 0.2) is 0 Å². The summed E-state index contributed by atoms with van der Waals surface area (Å²) in [5, 5.41) is 7.23. The lowest BCUT2D eigenvalue weighted by Gasteiger charge is -2.36. The van der Waals surface area contributed by atoms with E-state index >= 15 is 0 Å². The Morgan fingerprint density at radius 1 is 1.28 bits per heavy atom. The van der Waals surface area contributed by atoms with Gasteiger partial charge in [-0.25, -0.2) is 4.98 Å². The Labute approximate surface area is 116 Å². The van der Waals surface area contributed by atoms with Crippen LogP contribution in [0.1, 0.15) is 71.0 Å². The predicted octanol–water partition coefficient (Wildman–Crippen LogP) is 4.53. The molecule has 1 N–H and O–H groups in total. The minimum absolute atomic E-state index is 0.0494. The van der Waals surface area contributed by atoms with Gasteiger partial charge >= 0.3 is 0 Å². The van der Waals surface area contributed by atoms with Crippen molar-refractivity contribution < 1.29 is 0 Å². The lowest BCUT2D eigenvalue weighted by atomic mass is 9.84. The Balaban J connectivity index is 3.07. The maximum atomic E-state index is 4.88. The largest absolute Gasteiger partial charge is 0.305 e. The average Bonchev–Trinajstić information content (AvgIpc) is 2.80. The lowest BCUT2D eigenvalue weighted by Crippen LogP contribution is -2.46. The molecular formula is C15H28N2S. The minimum atomic E-state index is 0.0494. The van der Waals surface area contributed by atoms with Crippen LogP contribution in [0.4, 0.5) is 0 Å². The summed E-state index contributed by atoms with van der Waals surface area (Å²) in [6.45, 7) is 14.5. The molecule has 3 heteroatoms. The summed E-state index contributed by atoms with van der Waals surface area (Å²) < 4.78 is 0. The molecule has 0 aromatic carbocycles. The molecule has 1 aromatic heterocycles. The molecule has 1 aromatic rings. The van der Waals surface area contributed by atoms with Crippen LogP contribution in [-0.4, -0.2) is 11.5 Å². The summed E-state index contributed by atoms with van der Waals surface area (Å²) in [5.41, 5.74) is 1.28. The molecule has 1 atom stereocenters. The highest BCUT2D eigenvalue weighted by molar-refractivity contribution is 7.09. The summed E-state index contributed by atoms with van der Waals surface area (Å²) >= 11 is 1.81. The highest BCUT2D eigenvalue weighted by atomic mass is 32.1. The molecule has 0 aliphatic rings. The highest BCUT2D eigenvalue weighted by Crippen LogP contribution is 2.36. The zero-order chi connectivity index (χ0) is 13.8. The van der Waals surface area contributed by atoms with Crippen LogP contribution in [0.5, 0.6) is 0 Å². The molecule has 104 valence electrons. The van der Waals surface area contributed by atoms with Crippen molar-refractivity contribution in [2.75, 3.05) is 6.54 Å². The van der Waals surface area contributed by atoms with Gasteiger partial charge in [0, 0.05) is 5.38 Å². The van der Waals surface area contributed by atoms with Gasteiger partial charge in [-0.15, -0.1) is 11.3 Å². The van der Waals surface area contributed by atoms with Crippen LogP contribution in [-0.2, 0) is 5.54 Å². The molecule has 0 spiro atoms. The van der Waals surface area contributed by atoms with Gasteiger partial charge in [-0.05, 0) is 31.2 Å². The summed E-state index contributed by atoms with van der Waals surface area (Å²) in [6.07, 6.45) is 2.26. The Morgan fingerprint density at radius 3 is 2.33 bits per heavy atom. The van der Waals surface area contributed by atoms with Crippen molar-refractivity contribution in [3.63, 3.8) is 0 Å². The van der Waals surface area contributed by atoms with E-state index in [-0.39, 0.29) is 5.54 Å². The van der Waals surface area contributed by atoms with E-state index in [1.165, 1.54) is 10.7 Å². The second-order valence-corrected chi connectivity index (χ2v) is 6.50. The first-order chi connectivity index (χ1) is 8.47. The van der Waals surface area contributed by atoms with Crippen LogP contribution in [0.15, 0.2) is 5.38 Å². The first-order valence-corrected chi connectivity index (χ1v) is 8.06. The van der Waals surface area contributed by atoms with E-state index in [9.17, 15) is 0 Å². The second-order valence-electron chi connectivity index (χ2n) is 5.64. The number of hydrogen-bond donors (Lipinski definition) is 1. The zero-order valence-corrected chi connectivity index (χ0v) is 13.5. The van der Waals surface area contributed by atoms with Crippen LogP contribution in [0.3, 0.4) is 0 Å². The fourth-order valence-corrected chi connectivity index (χ4v) is 3.69. The Kier molecular flexibility index (Phi) is 5.80. The van der Waals surface area contributed by atoms with Gasteiger partial charge in [0.25, 0.3) is 0 Å². The SMILES string of the molecule is CCCNC(CC)(c1nc(C(C)C)cs1)C(C)C. The lowest BCUT2D eigenvalue weighted by molar-refractivity contribution is 0.228. The molecule has 0 saturated heterocycles. The Bertz CT molecular complexity index is 357. The molecule has 0 aliphatic carbocycles. The summed E-state index contributed by atoms with van der Waals surface area (Å²) in [4.78, 5) is 4.88. The first-order valence-electron chi connectivity index (χ1n) is 7.18. The minimum Gasteiger partial charge on any atom is -0.305 e. The highest BCUT2D eigenvalue weighted by Gasteiger charge is 2.36. The van der Waals surface area contributed by atoms with Gasteiger partial charge in [0.05, 0.1) is 11.2 Å². The Hall–Kier alpha value is -0.410. The number of nitrogens with one attached hydrogen (secondary N) is 1. The molecule has 0 amide bonds. The third kappa shape index (κ3) is 3.12. The molecule has 1 rings (SSSR count). The maximum Gasteiger partial charge on any atom is 0.113 e. The van der Waals surface area contributed by atoms with Crippen molar-refractivity contribution >= 4 is 11.3 Å². The number of rotatable bonds is 7. The first kappa shape index (κ1) is 15.6. The fraction of sp³-hybridized carbons (Fsp3) is 0.800. The molecule has 0 saturated carbocycles. The predicted molar refractivity (Wildman–Crippen MR) is 81.3 cm³/mol. The number of aromatic nitrogens is 1. The molecule has 0 bridgehead atoms.